The molecule has 0 spiro atoms. The van der Waals surface area contributed by atoms with Gasteiger partial charge in [-0.05, 0) is 32.1 Å². The number of nitrogens with zero attached hydrogens (tertiary/aromatic N) is 1. The van der Waals surface area contributed by atoms with Crippen molar-refractivity contribution in [2.24, 2.45) is 11.7 Å². The highest BCUT2D eigenvalue weighted by Crippen LogP contribution is 2.23. The van der Waals surface area contributed by atoms with Gasteiger partial charge in [0.2, 0.25) is 0 Å². The van der Waals surface area contributed by atoms with Crippen LogP contribution >= 0.6 is 0 Å². The summed E-state index contributed by atoms with van der Waals surface area (Å²) in [5.74, 6) is 0.578. The van der Waals surface area contributed by atoms with Gasteiger partial charge in [0.1, 0.15) is 0 Å². The largest absolute Gasteiger partial charge is 0.383 e. The van der Waals surface area contributed by atoms with E-state index in [1.165, 1.54) is 12.8 Å². The normalized spacial score (nSPS) is 24.2. The first-order chi connectivity index (χ1) is 8.74. The summed E-state index contributed by atoms with van der Waals surface area (Å²) in [6, 6.07) is 0.978. The molecule has 0 bridgehead atoms. The Balaban J connectivity index is 2.64. The van der Waals surface area contributed by atoms with Gasteiger partial charge in [0.15, 0.2) is 0 Å². The van der Waals surface area contributed by atoms with E-state index >= 15 is 0 Å². The maximum absolute atomic E-state index is 6.03. The maximum Gasteiger partial charge on any atom is 0.0589 e. The van der Waals surface area contributed by atoms with Crippen LogP contribution in [-0.2, 0) is 9.47 Å². The molecule has 1 aliphatic rings. The molecule has 1 fully saturated rings. The summed E-state index contributed by atoms with van der Waals surface area (Å²) >= 11 is 0. The molecule has 4 heteroatoms. The van der Waals surface area contributed by atoms with Gasteiger partial charge in [-0.3, -0.25) is 4.90 Å². The fraction of sp³-hybridized carbons (Fsp3) is 1.00. The van der Waals surface area contributed by atoms with Gasteiger partial charge in [0.25, 0.3) is 0 Å². The average molecular weight is 258 g/mol. The monoisotopic (exact) mass is 258 g/mol. The first-order valence-electron chi connectivity index (χ1n) is 7.27. The number of nitrogens with two attached hydrogens (primary N) is 1. The van der Waals surface area contributed by atoms with E-state index in [4.69, 9.17) is 15.2 Å². The molecule has 3 atom stereocenters. The van der Waals surface area contributed by atoms with Crippen LogP contribution in [0.4, 0.5) is 0 Å². The molecule has 1 aliphatic heterocycles. The van der Waals surface area contributed by atoms with E-state index < -0.39 is 0 Å². The molecule has 1 rings (SSSR count). The predicted molar refractivity (Wildman–Crippen MR) is 74.7 cm³/mol. The number of hydrogen-bond acceptors (Lipinski definition) is 4. The molecule has 0 aliphatic carbocycles. The van der Waals surface area contributed by atoms with Gasteiger partial charge in [0.05, 0.1) is 13.2 Å². The standard InChI is InChI=1S/C14H30N2O2/c1-4-12(2)16(7-9-17-3)14(10-15)13-6-5-8-18-11-13/h12-14H,4-11,15H2,1-3H3. The van der Waals surface area contributed by atoms with E-state index in [9.17, 15) is 0 Å². The molecule has 0 saturated carbocycles. The average Bonchev–Trinajstić information content (AvgIpc) is 2.43. The van der Waals surface area contributed by atoms with E-state index in [0.717, 1.165) is 32.8 Å². The second kappa shape index (κ2) is 8.86. The number of rotatable bonds is 8. The van der Waals surface area contributed by atoms with E-state index in [2.05, 4.69) is 18.7 Å². The quantitative estimate of drug-likeness (QED) is 0.716. The van der Waals surface area contributed by atoms with Crippen LogP contribution in [0.2, 0.25) is 0 Å². The highest BCUT2D eigenvalue weighted by atomic mass is 16.5. The van der Waals surface area contributed by atoms with Crippen LogP contribution < -0.4 is 5.73 Å². The lowest BCUT2D eigenvalue weighted by Gasteiger charge is -2.41. The van der Waals surface area contributed by atoms with Gasteiger partial charge in [-0.15, -0.1) is 0 Å². The minimum atomic E-state index is 0.426. The van der Waals surface area contributed by atoms with Gasteiger partial charge in [0, 0.05) is 38.9 Å². The molecule has 0 amide bonds. The van der Waals surface area contributed by atoms with Gasteiger partial charge in [-0.2, -0.15) is 0 Å². The van der Waals surface area contributed by atoms with Gasteiger partial charge in [-0.1, -0.05) is 6.92 Å². The summed E-state index contributed by atoms with van der Waals surface area (Å²) in [5.41, 5.74) is 6.03. The zero-order chi connectivity index (χ0) is 13.4. The molecule has 0 aromatic heterocycles. The van der Waals surface area contributed by atoms with E-state index in [1.807, 2.05) is 0 Å². The van der Waals surface area contributed by atoms with Gasteiger partial charge >= 0.3 is 0 Å². The van der Waals surface area contributed by atoms with Crippen molar-refractivity contribution in [1.29, 1.82) is 0 Å². The Kier molecular flexibility index (Phi) is 7.82. The van der Waals surface area contributed by atoms with Crippen molar-refractivity contribution in [3.63, 3.8) is 0 Å². The van der Waals surface area contributed by atoms with Crippen molar-refractivity contribution in [2.75, 3.05) is 40.0 Å². The summed E-state index contributed by atoms with van der Waals surface area (Å²) < 4.78 is 10.9. The van der Waals surface area contributed by atoms with E-state index in [1.54, 1.807) is 7.11 Å². The SMILES string of the molecule is CCC(C)N(CCOC)C(CN)C1CCCOC1. The highest BCUT2D eigenvalue weighted by molar-refractivity contribution is 4.84. The molecule has 0 aromatic rings. The van der Waals surface area contributed by atoms with Crippen molar-refractivity contribution >= 4 is 0 Å². The molecule has 0 radical (unpaired) electrons. The molecular formula is C14H30N2O2. The lowest BCUT2D eigenvalue weighted by molar-refractivity contribution is -0.00679. The second-order valence-corrected chi connectivity index (χ2v) is 5.27. The molecule has 18 heavy (non-hydrogen) atoms. The highest BCUT2D eigenvalue weighted by Gasteiger charge is 2.30. The zero-order valence-corrected chi connectivity index (χ0v) is 12.2. The van der Waals surface area contributed by atoms with Crippen LogP contribution in [0.5, 0.6) is 0 Å². The Morgan fingerprint density at radius 3 is 2.78 bits per heavy atom. The Morgan fingerprint density at radius 2 is 2.28 bits per heavy atom. The Morgan fingerprint density at radius 1 is 1.50 bits per heavy atom. The third-order valence-electron chi connectivity index (χ3n) is 4.12. The fourth-order valence-electron chi connectivity index (χ4n) is 2.81. The van der Waals surface area contributed by atoms with Crippen LogP contribution in [-0.4, -0.2) is 57.0 Å². The lowest BCUT2D eigenvalue weighted by atomic mass is 9.91. The molecule has 2 N–H and O–H groups in total. The minimum Gasteiger partial charge on any atom is -0.383 e. The molecule has 4 nitrogen and oxygen atoms in total. The maximum atomic E-state index is 6.03. The second-order valence-electron chi connectivity index (χ2n) is 5.27. The lowest BCUT2D eigenvalue weighted by Crippen LogP contribution is -2.52. The Labute approximate surface area is 112 Å². The van der Waals surface area contributed by atoms with Crippen molar-refractivity contribution < 1.29 is 9.47 Å². The summed E-state index contributed by atoms with van der Waals surface area (Å²) in [6.45, 7) is 8.73. The molecular weight excluding hydrogens is 228 g/mol. The van der Waals surface area contributed by atoms with Crippen molar-refractivity contribution in [1.82, 2.24) is 4.90 Å². The fourth-order valence-corrected chi connectivity index (χ4v) is 2.81. The van der Waals surface area contributed by atoms with Crippen molar-refractivity contribution in [2.45, 2.75) is 45.2 Å². The summed E-state index contributed by atoms with van der Waals surface area (Å²) in [4.78, 5) is 2.52. The number of ether oxygens (including phenoxy) is 2. The van der Waals surface area contributed by atoms with E-state index in [0.29, 0.717) is 24.5 Å². The third-order valence-corrected chi connectivity index (χ3v) is 4.12. The van der Waals surface area contributed by atoms with Crippen LogP contribution in [0.15, 0.2) is 0 Å². The Bertz CT molecular complexity index is 208. The Hall–Kier alpha value is -0.160. The molecule has 1 saturated heterocycles. The topological polar surface area (TPSA) is 47.7 Å². The predicted octanol–water partition coefficient (Wildman–Crippen LogP) is 1.49. The van der Waals surface area contributed by atoms with Crippen LogP contribution in [0.25, 0.3) is 0 Å². The first-order valence-corrected chi connectivity index (χ1v) is 7.27. The summed E-state index contributed by atoms with van der Waals surface area (Å²) in [5, 5.41) is 0. The molecule has 0 aromatic carbocycles. The summed E-state index contributed by atoms with van der Waals surface area (Å²) in [7, 11) is 1.76. The minimum absolute atomic E-state index is 0.426. The van der Waals surface area contributed by atoms with Crippen LogP contribution in [0, 0.1) is 5.92 Å². The van der Waals surface area contributed by atoms with Gasteiger partial charge < -0.3 is 15.2 Å². The van der Waals surface area contributed by atoms with Crippen LogP contribution in [0.3, 0.4) is 0 Å². The van der Waals surface area contributed by atoms with Crippen LogP contribution in [0.1, 0.15) is 33.1 Å². The smallest absolute Gasteiger partial charge is 0.0589 e. The van der Waals surface area contributed by atoms with E-state index in [-0.39, 0.29) is 0 Å². The zero-order valence-electron chi connectivity index (χ0n) is 12.2. The molecule has 3 unspecified atom stereocenters. The number of hydrogen-bond donors (Lipinski definition) is 1. The van der Waals surface area contributed by atoms with Crippen molar-refractivity contribution in [3.8, 4) is 0 Å². The first kappa shape index (κ1) is 15.9. The number of methoxy groups -OCH3 is 1. The summed E-state index contributed by atoms with van der Waals surface area (Å²) in [6.07, 6.45) is 3.55. The third kappa shape index (κ3) is 4.50. The van der Waals surface area contributed by atoms with Gasteiger partial charge in [-0.25, -0.2) is 0 Å². The molecule has 1 heterocycles. The van der Waals surface area contributed by atoms with Crippen molar-refractivity contribution in [3.05, 3.63) is 0 Å². The molecule has 108 valence electrons.